The Morgan fingerprint density at radius 1 is 1.44 bits per heavy atom. The summed E-state index contributed by atoms with van der Waals surface area (Å²) in [6, 6.07) is 5.58. The van der Waals surface area contributed by atoms with Crippen molar-refractivity contribution in [2.24, 2.45) is 5.73 Å². The molecule has 0 unspecified atom stereocenters. The van der Waals surface area contributed by atoms with Crippen LogP contribution in [-0.2, 0) is 9.53 Å². The quantitative estimate of drug-likeness (QED) is 0.661. The molecule has 1 aromatic carbocycles. The Bertz CT molecular complexity index is 524. The van der Waals surface area contributed by atoms with Crippen LogP contribution in [0.15, 0.2) is 24.4 Å². The van der Waals surface area contributed by atoms with E-state index in [1.165, 1.54) is 0 Å². The zero-order valence-electron chi connectivity index (χ0n) is 9.98. The molecule has 6 heteroatoms. The summed E-state index contributed by atoms with van der Waals surface area (Å²) >= 11 is 0. The van der Waals surface area contributed by atoms with Crippen molar-refractivity contribution in [3.05, 3.63) is 24.4 Å². The summed E-state index contributed by atoms with van der Waals surface area (Å²) in [5, 5.41) is 10.5. The van der Waals surface area contributed by atoms with Gasteiger partial charge in [-0.15, -0.1) is 0 Å². The lowest BCUT2D eigenvalue weighted by molar-refractivity contribution is -0.117. The van der Waals surface area contributed by atoms with E-state index in [9.17, 15) is 4.79 Å². The zero-order chi connectivity index (χ0) is 12.8. The Labute approximate surface area is 104 Å². The third kappa shape index (κ3) is 3.28. The van der Waals surface area contributed by atoms with Crippen molar-refractivity contribution in [2.45, 2.75) is 6.42 Å². The topological polar surface area (TPSA) is 93.0 Å². The minimum atomic E-state index is -0.0742. The number of aromatic amines is 1. The van der Waals surface area contributed by atoms with Crippen molar-refractivity contribution in [2.75, 3.05) is 25.1 Å². The van der Waals surface area contributed by atoms with Crippen LogP contribution in [0.1, 0.15) is 6.42 Å². The number of nitrogens with one attached hydrogen (secondary N) is 2. The van der Waals surface area contributed by atoms with Gasteiger partial charge in [0.25, 0.3) is 0 Å². The molecule has 0 saturated carbocycles. The van der Waals surface area contributed by atoms with Crippen LogP contribution in [0.25, 0.3) is 10.9 Å². The largest absolute Gasteiger partial charge is 0.380 e. The smallest absolute Gasteiger partial charge is 0.226 e. The molecule has 0 bridgehead atoms. The standard InChI is InChI=1S/C12H16N4O2/c13-4-6-18-5-3-12(17)15-10-1-2-11-9(7-10)8-14-16-11/h1-2,7-8H,3-6,13H2,(H,14,16)(H,15,17). The fraction of sp³-hybridized carbons (Fsp3) is 0.333. The van der Waals surface area contributed by atoms with Gasteiger partial charge in [0.2, 0.25) is 5.91 Å². The van der Waals surface area contributed by atoms with E-state index >= 15 is 0 Å². The second-order valence-corrected chi connectivity index (χ2v) is 3.87. The number of fused-ring (bicyclic) bond motifs is 1. The summed E-state index contributed by atoms with van der Waals surface area (Å²) < 4.78 is 5.15. The van der Waals surface area contributed by atoms with E-state index in [2.05, 4.69) is 15.5 Å². The number of nitrogens with zero attached hydrogens (tertiary/aromatic N) is 1. The van der Waals surface area contributed by atoms with E-state index in [1.807, 2.05) is 18.2 Å². The van der Waals surface area contributed by atoms with Gasteiger partial charge < -0.3 is 15.8 Å². The van der Waals surface area contributed by atoms with Crippen molar-refractivity contribution in [1.82, 2.24) is 10.2 Å². The van der Waals surface area contributed by atoms with Crippen LogP contribution in [0.5, 0.6) is 0 Å². The highest BCUT2D eigenvalue weighted by Crippen LogP contribution is 2.16. The van der Waals surface area contributed by atoms with Crippen molar-refractivity contribution in [3.8, 4) is 0 Å². The van der Waals surface area contributed by atoms with Gasteiger partial charge in [-0.1, -0.05) is 0 Å². The first-order chi connectivity index (χ1) is 8.79. The molecule has 2 aromatic rings. The number of carbonyl (C=O) groups excluding carboxylic acids is 1. The highest BCUT2D eigenvalue weighted by atomic mass is 16.5. The maximum atomic E-state index is 11.6. The van der Waals surface area contributed by atoms with Crippen LogP contribution in [0.2, 0.25) is 0 Å². The Balaban J connectivity index is 1.86. The summed E-state index contributed by atoms with van der Waals surface area (Å²) in [6.45, 7) is 1.34. The highest BCUT2D eigenvalue weighted by Gasteiger charge is 2.03. The second kappa shape index (κ2) is 6.13. The van der Waals surface area contributed by atoms with Gasteiger partial charge in [0.05, 0.1) is 31.3 Å². The summed E-state index contributed by atoms with van der Waals surface area (Å²) in [7, 11) is 0. The van der Waals surface area contributed by atoms with Crippen molar-refractivity contribution < 1.29 is 9.53 Å². The molecule has 1 heterocycles. The van der Waals surface area contributed by atoms with Gasteiger partial charge in [0.15, 0.2) is 0 Å². The number of aromatic nitrogens is 2. The molecule has 0 aliphatic carbocycles. The number of carbonyl (C=O) groups is 1. The van der Waals surface area contributed by atoms with Crippen molar-refractivity contribution in [1.29, 1.82) is 0 Å². The zero-order valence-corrected chi connectivity index (χ0v) is 9.98. The second-order valence-electron chi connectivity index (χ2n) is 3.87. The number of H-pyrrole nitrogens is 1. The summed E-state index contributed by atoms with van der Waals surface area (Å²) in [5.74, 6) is -0.0742. The number of ether oxygens (including phenoxy) is 1. The van der Waals surface area contributed by atoms with Crippen LogP contribution in [-0.4, -0.2) is 35.9 Å². The van der Waals surface area contributed by atoms with Gasteiger partial charge in [-0.05, 0) is 18.2 Å². The van der Waals surface area contributed by atoms with Crippen LogP contribution in [0.4, 0.5) is 5.69 Å². The van der Waals surface area contributed by atoms with Gasteiger partial charge in [-0.25, -0.2) is 0 Å². The maximum Gasteiger partial charge on any atom is 0.226 e. The van der Waals surface area contributed by atoms with E-state index in [0.717, 1.165) is 16.6 Å². The van der Waals surface area contributed by atoms with E-state index in [0.29, 0.717) is 26.2 Å². The Morgan fingerprint density at radius 2 is 2.33 bits per heavy atom. The molecule has 2 rings (SSSR count). The molecule has 96 valence electrons. The first-order valence-electron chi connectivity index (χ1n) is 5.80. The predicted molar refractivity (Wildman–Crippen MR) is 69.2 cm³/mol. The van der Waals surface area contributed by atoms with E-state index < -0.39 is 0 Å². The highest BCUT2D eigenvalue weighted by molar-refractivity contribution is 5.93. The SMILES string of the molecule is NCCOCCC(=O)Nc1ccc2[nH]ncc2c1. The van der Waals surface area contributed by atoms with E-state index in [-0.39, 0.29) is 5.91 Å². The number of hydrogen-bond acceptors (Lipinski definition) is 4. The summed E-state index contributed by atoms with van der Waals surface area (Å²) in [4.78, 5) is 11.6. The molecule has 0 spiro atoms. The molecular weight excluding hydrogens is 232 g/mol. The third-order valence-electron chi connectivity index (χ3n) is 2.46. The lowest BCUT2D eigenvalue weighted by Gasteiger charge is -2.05. The van der Waals surface area contributed by atoms with Crippen molar-refractivity contribution in [3.63, 3.8) is 0 Å². The fourth-order valence-electron chi connectivity index (χ4n) is 1.59. The molecule has 0 saturated heterocycles. The predicted octanol–water partition coefficient (Wildman–Crippen LogP) is 0.867. The number of amides is 1. The third-order valence-corrected chi connectivity index (χ3v) is 2.46. The number of hydrogen-bond donors (Lipinski definition) is 3. The Hall–Kier alpha value is -1.92. The van der Waals surface area contributed by atoms with E-state index in [4.69, 9.17) is 10.5 Å². The van der Waals surface area contributed by atoms with Crippen LogP contribution >= 0.6 is 0 Å². The molecule has 18 heavy (non-hydrogen) atoms. The molecule has 1 aromatic heterocycles. The van der Waals surface area contributed by atoms with E-state index in [1.54, 1.807) is 6.20 Å². The number of rotatable bonds is 6. The fourth-order valence-corrected chi connectivity index (χ4v) is 1.59. The lowest BCUT2D eigenvalue weighted by atomic mass is 10.2. The summed E-state index contributed by atoms with van der Waals surface area (Å²) in [5.41, 5.74) is 6.98. The Kier molecular flexibility index (Phi) is 4.27. The van der Waals surface area contributed by atoms with Gasteiger partial charge in [0, 0.05) is 17.6 Å². The van der Waals surface area contributed by atoms with Crippen LogP contribution < -0.4 is 11.1 Å². The lowest BCUT2D eigenvalue weighted by Crippen LogP contribution is -2.16. The van der Waals surface area contributed by atoms with Crippen LogP contribution in [0, 0.1) is 0 Å². The molecule has 0 aliphatic rings. The maximum absolute atomic E-state index is 11.6. The normalized spacial score (nSPS) is 10.7. The monoisotopic (exact) mass is 248 g/mol. The molecule has 0 fully saturated rings. The first kappa shape index (κ1) is 12.5. The molecule has 0 radical (unpaired) electrons. The minimum absolute atomic E-state index is 0.0742. The van der Waals surface area contributed by atoms with Gasteiger partial charge >= 0.3 is 0 Å². The molecular formula is C12H16N4O2. The molecule has 0 atom stereocenters. The molecule has 1 amide bonds. The number of anilines is 1. The van der Waals surface area contributed by atoms with Gasteiger partial charge in [-0.2, -0.15) is 5.10 Å². The average molecular weight is 248 g/mol. The summed E-state index contributed by atoms with van der Waals surface area (Å²) in [6.07, 6.45) is 2.04. The molecule has 0 aliphatic heterocycles. The molecule has 6 nitrogen and oxygen atoms in total. The number of nitrogens with two attached hydrogens (primary N) is 1. The first-order valence-corrected chi connectivity index (χ1v) is 5.80. The Morgan fingerprint density at radius 3 is 3.17 bits per heavy atom. The van der Waals surface area contributed by atoms with Gasteiger partial charge in [0.1, 0.15) is 0 Å². The van der Waals surface area contributed by atoms with Gasteiger partial charge in [-0.3, -0.25) is 9.89 Å². The van der Waals surface area contributed by atoms with Crippen molar-refractivity contribution >= 4 is 22.5 Å². The number of benzene rings is 1. The average Bonchev–Trinajstić information content (AvgIpc) is 2.82. The molecule has 4 N–H and O–H groups in total. The minimum Gasteiger partial charge on any atom is -0.380 e. The van der Waals surface area contributed by atoms with Crippen LogP contribution in [0.3, 0.4) is 0 Å².